The van der Waals surface area contributed by atoms with Gasteiger partial charge in [-0.2, -0.15) is 0 Å². The number of carbonyl (C=O) groups excluding carboxylic acids is 2. The van der Waals surface area contributed by atoms with E-state index in [4.69, 9.17) is 0 Å². The molecule has 2 aromatic carbocycles. The summed E-state index contributed by atoms with van der Waals surface area (Å²) in [5.74, 6) is -0.300. The molecule has 0 spiro atoms. The number of non-ortho nitro benzene ring substituents is 1. The third-order valence-electron chi connectivity index (χ3n) is 3.92. The Hall–Kier alpha value is -3.42. The Kier molecular flexibility index (Phi) is 7.08. The van der Waals surface area contributed by atoms with E-state index in [9.17, 15) is 19.7 Å². The highest BCUT2D eigenvalue weighted by molar-refractivity contribution is 5.94. The molecule has 8 heteroatoms. The van der Waals surface area contributed by atoms with Gasteiger partial charge in [0.2, 0.25) is 11.8 Å². The smallest absolute Gasteiger partial charge is 0.269 e. The van der Waals surface area contributed by atoms with Crippen molar-refractivity contribution in [1.29, 1.82) is 0 Å². The van der Waals surface area contributed by atoms with Gasteiger partial charge in [0.1, 0.15) is 0 Å². The Morgan fingerprint density at radius 3 is 2.32 bits per heavy atom. The van der Waals surface area contributed by atoms with E-state index in [2.05, 4.69) is 16.0 Å². The van der Waals surface area contributed by atoms with Crippen molar-refractivity contribution >= 4 is 28.9 Å². The fraction of sp³-hybridized carbons (Fsp3) is 0.300. The second-order valence-corrected chi connectivity index (χ2v) is 6.75. The van der Waals surface area contributed by atoms with Crippen molar-refractivity contribution in [3.8, 4) is 0 Å². The summed E-state index contributed by atoms with van der Waals surface area (Å²) < 4.78 is 0. The summed E-state index contributed by atoms with van der Waals surface area (Å²) >= 11 is 0. The number of benzene rings is 2. The van der Waals surface area contributed by atoms with E-state index < -0.39 is 4.92 Å². The van der Waals surface area contributed by atoms with Crippen LogP contribution in [0.1, 0.15) is 25.0 Å². The van der Waals surface area contributed by atoms with Crippen molar-refractivity contribution in [3.63, 3.8) is 0 Å². The lowest BCUT2D eigenvalue weighted by atomic mass is 10.1. The molecule has 0 saturated heterocycles. The molecule has 2 rings (SSSR count). The van der Waals surface area contributed by atoms with E-state index in [1.165, 1.54) is 18.2 Å². The van der Waals surface area contributed by atoms with Gasteiger partial charge in [0.25, 0.3) is 5.69 Å². The van der Waals surface area contributed by atoms with Gasteiger partial charge < -0.3 is 16.0 Å². The summed E-state index contributed by atoms with van der Waals surface area (Å²) in [6.07, 6.45) is 0.304. The molecule has 0 fully saturated rings. The van der Waals surface area contributed by atoms with Crippen LogP contribution in [0.4, 0.5) is 17.1 Å². The first-order valence-corrected chi connectivity index (χ1v) is 8.91. The zero-order valence-corrected chi connectivity index (χ0v) is 16.1. The van der Waals surface area contributed by atoms with Crippen LogP contribution in [-0.2, 0) is 16.0 Å². The molecule has 0 bridgehead atoms. The number of hydrogen-bond acceptors (Lipinski definition) is 5. The van der Waals surface area contributed by atoms with Gasteiger partial charge in [0, 0.05) is 29.5 Å². The van der Waals surface area contributed by atoms with E-state index >= 15 is 0 Å². The summed E-state index contributed by atoms with van der Waals surface area (Å²) in [7, 11) is 0. The van der Waals surface area contributed by atoms with Crippen molar-refractivity contribution in [3.05, 3.63) is 63.7 Å². The number of carbonyl (C=O) groups is 2. The Morgan fingerprint density at radius 2 is 1.75 bits per heavy atom. The van der Waals surface area contributed by atoms with Crippen LogP contribution in [0, 0.1) is 17.0 Å². The van der Waals surface area contributed by atoms with E-state index in [0.717, 1.165) is 11.3 Å². The van der Waals surface area contributed by atoms with Crippen molar-refractivity contribution < 1.29 is 14.5 Å². The van der Waals surface area contributed by atoms with Gasteiger partial charge in [0.15, 0.2) is 0 Å². The zero-order chi connectivity index (χ0) is 20.7. The van der Waals surface area contributed by atoms with Gasteiger partial charge >= 0.3 is 0 Å². The van der Waals surface area contributed by atoms with Crippen molar-refractivity contribution in [2.75, 3.05) is 17.2 Å². The summed E-state index contributed by atoms with van der Waals surface area (Å²) in [4.78, 5) is 34.2. The zero-order valence-electron chi connectivity index (χ0n) is 16.1. The van der Waals surface area contributed by atoms with Gasteiger partial charge in [-0.05, 0) is 50.1 Å². The first kappa shape index (κ1) is 20.9. The predicted molar refractivity (Wildman–Crippen MR) is 108 cm³/mol. The molecule has 3 N–H and O–H groups in total. The molecular weight excluding hydrogens is 360 g/mol. The number of anilines is 2. The SMILES string of the molecule is Cc1cc([N+](=O)[O-])ccc1NC(=O)CNc1ccc(CC(=O)NC(C)C)cc1. The molecule has 2 aromatic rings. The van der Waals surface area contributed by atoms with Gasteiger partial charge in [-0.1, -0.05) is 12.1 Å². The highest BCUT2D eigenvalue weighted by Crippen LogP contribution is 2.21. The number of nitrogens with zero attached hydrogens (tertiary/aromatic N) is 1. The highest BCUT2D eigenvalue weighted by Gasteiger charge is 2.10. The van der Waals surface area contributed by atoms with Crippen LogP contribution in [0.25, 0.3) is 0 Å². The Balaban J connectivity index is 1.86. The topological polar surface area (TPSA) is 113 Å². The maximum atomic E-state index is 12.1. The monoisotopic (exact) mass is 384 g/mol. The van der Waals surface area contributed by atoms with Crippen LogP contribution in [0.2, 0.25) is 0 Å². The molecule has 0 unspecified atom stereocenters. The van der Waals surface area contributed by atoms with Crippen LogP contribution in [0.15, 0.2) is 42.5 Å². The minimum absolute atomic E-state index is 0.0178. The average molecular weight is 384 g/mol. The quantitative estimate of drug-likeness (QED) is 0.478. The van der Waals surface area contributed by atoms with E-state index in [0.29, 0.717) is 17.7 Å². The number of rotatable bonds is 8. The van der Waals surface area contributed by atoms with E-state index in [1.54, 1.807) is 6.92 Å². The third kappa shape index (κ3) is 6.39. The number of hydrogen-bond donors (Lipinski definition) is 3. The molecule has 28 heavy (non-hydrogen) atoms. The molecule has 0 radical (unpaired) electrons. The number of nitrogens with one attached hydrogen (secondary N) is 3. The van der Waals surface area contributed by atoms with E-state index in [1.807, 2.05) is 38.1 Å². The van der Waals surface area contributed by atoms with Crippen molar-refractivity contribution in [1.82, 2.24) is 5.32 Å². The van der Waals surface area contributed by atoms with E-state index in [-0.39, 0.29) is 30.1 Å². The lowest BCUT2D eigenvalue weighted by Crippen LogP contribution is -2.31. The third-order valence-corrected chi connectivity index (χ3v) is 3.92. The fourth-order valence-corrected chi connectivity index (χ4v) is 2.58. The molecule has 2 amide bonds. The first-order valence-electron chi connectivity index (χ1n) is 8.91. The predicted octanol–water partition coefficient (Wildman–Crippen LogP) is 3.02. The highest BCUT2D eigenvalue weighted by atomic mass is 16.6. The van der Waals surface area contributed by atoms with Crippen LogP contribution in [0.3, 0.4) is 0 Å². The lowest BCUT2D eigenvalue weighted by molar-refractivity contribution is -0.384. The van der Waals surface area contributed by atoms with Gasteiger partial charge in [-0.15, -0.1) is 0 Å². The van der Waals surface area contributed by atoms with Crippen LogP contribution < -0.4 is 16.0 Å². The van der Waals surface area contributed by atoms with Crippen LogP contribution >= 0.6 is 0 Å². The number of nitro groups is 1. The molecule has 0 heterocycles. The summed E-state index contributed by atoms with van der Waals surface area (Å²) in [6, 6.07) is 11.7. The summed E-state index contributed by atoms with van der Waals surface area (Å²) in [5.41, 5.74) is 2.77. The minimum Gasteiger partial charge on any atom is -0.376 e. The second kappa shape index (κ2) is 9.50. The van der Waals surface area contributed by atoms with Gasteiger partial charge in [0.05, 0.1) is 17.9 Å². The van der Waals surface area contributed by atoms with Crippen molar-refractivity contribution in [2.24, 2.45) is 0 Å². The van der Waals surface area contributed by atoms with Gasteiger partial charge in [-0.25, -0.2) is 0 Å². The molecule has 0 aliphatic carbocycles. The number of amides is 2. The fourth-order valence-electron chi connectivity index (χ4n) is 2.58. The van der Waals surface area contributed by atoms with Crippen molar-refractivity contribution in [2.45, 2.75) is 33.2 Å². The molecule has 0 atom stereocenters. The standard InChI is InChI=1S/C20H24N4O4/c1-13(2)22-19(25)11-15-4-6-16(7-5-15)21-12-20(26)23-18-9-8-17(24(27)28)10-14(18)3/h4-10,13,21H,11-12H2,1-3H3,(H,22,25)(H,23,26). The normalized spacial score (nSPS) is 10.4. The Bertz CT molecular complexity index is 863. The molecule has 0 aliphatic heterocycles. The van der Waals surface area contributed by atoms with Crippen LogP contribution in [-0.4, -0.2) is 29.3 Å². The average Bonchev–Trinajstić information content (AvgIpc) is 2.62. The second-order valence-electron chi connectivity index (χ2n) is 6.75. The minimum atomic E-state index is -0.476. The maximum absolute atomic E-state index is 12.1. The lowest BCUT2D eigenvalue weighted by Gasteiger charge is -2.11. The first-order chi connectivity index (χ1) is 13.2. The number of nitro benzene ring substituents is 1. The number of aryl methyl sites for hydroxylation is 1. The maximum Gasteiger partial charge on any atom is 0.269 e. The summed E-state index contributed by atoms with van der Waals surface area (Å²) in [6.45, 7) is 5.57. The molecule has 148 valence electrons. The Morgan fingerprint density at radius 1 is 1.07 bits per heavy atom. The molecule has 0 saturated carbocycles. The largest absolute Gasteiger partial charge is 0.376 e. The molecule has 0 aliphatic rings. The Labute approximate surface area is 163 Å². The van der Waals surface area contributed by atoms with Gasteiger partial charge in [-0.3, -0.25) is 19.7 Å². The molecule has 8 nitrogen and oxygen atoms in total. The summed E-state index contributed by atoms with van der Waals surface area (Å²) in [5, 5.41) is 19.3. The van der Waals surface area contributed by atoms with Crippen LogP contribution in [0.5, 0.6) is 0 Å². The molecular formula is C20H24N4O4. The molecule has 0 aromatic heterocycles.